The van der Waals surface area contributed by atoms with Crippen LogP contribution in [-0.4, -0.2) is 67.6 Å². The van der Waals surface area contributed by atoms with Crippen LogP contribution >= 0.6 is 0 Å². The first-order chi connectivity index (χ1) is 15.7. The fraction of sp³-hybridized carbons (Fsp3) is 0.455. The Labute approximate surface area is 189 Å². The van der Waals surface area contributed by atoms with Crippen molar-refractivity contribution in [2.24, 2.45) is 5.92 Å². The number of likely N-dealkylation sites (N-methyl/N-ethyl adjacent to an activating group) is 1. The number of fused-ring (bicyclic) bond motifs is 1. The van der Waals surface area contributed by atoms with Crippen molar-refractivity contribution in [2.75, 3.05) is 13.6 Å². The number of benzene rings is 1. The van der Waals surface area contributed by atoms with Gasteiger partial charge in [-0.3, -0.25) is 19.5 Å². The molecule has 174 valence electrons. The van der Waals surface area contributed by atoms with Crippen molar-refractivity contribution in [3.8, 4) is 0 Å². The molecule has 5 rings (SSSR count). The molecule has 33 heavy (non-hydrogen) atoms. The molecule has 11 heteroatoms. The van der Waals surface area contributed by atoms with E-state index in [2.05, 4.69) is 20.8 Å². The summed E-state index contributed by atoms with van der Waals surface area (Å²) in [6.45, 7) is 2.56. The van der Waals surface area contributed by atoms with Gasteiger partial charge in [0.2, 0.25) is 5.82 Å². The molecule has 1 saturated carbocycles. The van der Waals surface area contributed by atoms with Crippen LogP contribution in [0.4, 0.5) is 8.78 Å². The number of hydrogen-bond acceptors (Lipinski definition) is 6. The summed E-state index contributed by atoms with van der Waals surface area (Å²) < 4.78 is 28.9. The molecule has 0 spiro atoms. The van der Waals surface area contributed by atoms with Crippen molar-refractivity contribution in [1.29, 1.82) is 0 Å². The van der Waals surface area contributed by atoms with E-state index in [1.807, 2.05) is 30.3 Å². The molecule has 9 nitrogen and oxygen atoms in total. The SMILES string of the molecule is CN1C(=O)C(NC(=O)c2ncn(Cc3ccccc3)n2)CCN2NC(C)([C@@H]3CC3(F)F)C=C21. The summed E-state index contributed by atoms with van der Waals surface area (Å²) >= 11 is 0. The topological polar surface area (TPSA) is 95.4 Å². The third-order valence-electron chi connectivity index (χ3n) is 6.48. The highest BCUT2D eigenvalue weighted by molar-refractivity contribution is 5.95. The van der Waals surface area contributed by atoms with Crippen molar-refractivity contribution in [3.63, 3.8) is 0 Å². The van der Waals surface area contributed by atoms with Crippen molar-refractivity contribution < 1.29 is 18.4 Å². The smallest absolute Gasteiger partial charge is 0.291 e. The number of carbonyl (C=O) groups excluding carboxylic acids is 2. The van der Waals surface area contributed by atoms with E-state index in [4.69, 9.17) is 0 Å². The van der Waals surface area contributed by atoms with E-state index >= 15 is 0 Å². The Bertz CT molecular complexity index is 1120. The van der Waals surface area contributed by atoms with Gasteiger partial charge in [-0.25, -0.2) is 23.9 Å². The summed E-state index contributed by atoms with van der Waals surface area (Å²) in [6.07, 6.45) is 3.30. The van der Waals surface area contributed by atoms with Crippen LogP contribution in [0, 0.1) is 5.92 Å². The zero-order valence-electron chi connectivity index (χ0n) is 18.3. The molecule has 2 amide bonds. The molecular weight excluding hydrogens is 432 g/mol. The summed E-state index contributed by atoms with van der Waals surface area (Å²) in [5.41, 5.74) is 3.24. The predicted molar refractivity (Wildman–Crippen MR) is 114 cm³/mol. The van der Waals surface area contributed by atoms with E-state index in [0.29, 0.717) is 25.3 Å². The van der Waals surface area contributed by atoms with E-state index < -0.39 is 29.3 Å². The predicted octanol–water partition coefficient (Wildman–Crippen LogP) is 1.36. The van der Waals surface area contributed by atoms with Crippen LogP contribution in [0.5, 0.6) is 0 Å². The molecule has 0 bridgehead atoms. The molecule has 1 aliphatic carbocycles. The van der Waals surface area contributed by atoms with Crippen molar-refractivity contribution in [3.05, 3.63) is 59.9 Å². The number of hydrazine groups is 1. The summed E-state index contributed by atoms with van der Waals surface area (Å²) in [5.74, 6) is -3.87. The zero-order valence-corrected chi connectivity index (χ0v) is 18.3. The third kappa shape index (κ3) is 3.97. The Balaban J connectivity index is 1.25. The first-order valence-electron chi connectivity index (χ1n) is 10.8. The number of halogens is 2. The fourth-order valence-corrected chi connectivity index (χ4v) is 4.55. The molecule has 2 N–H and O–H groups in total. The highest BCUT2D eigenvalue weighted by atomic mass is 19.3. The lowest BCUT2D eigenvalue weighted by atomic mass is 9.97. The molecule has 2 aliphatic heterocycles. The van der Waals surface area contributed by atoms with Gasteiger partial charge in [0.05, 0.1) is 18.0 Å². The Kier molecular flexibility index (Phi) is 4.96. The van der Waals surface area contributed by atoms with Crippen LogP contribution in [-0.2, 0) is 11.3 Å². The quantitative estimate of drug-likeness (QED) is 0.704. The molecular formula is C22H25F2N7O2. The van der Waals surface area contributed by atoms with Gasteiger partial charge in [0.1, 0.15) is 18.2 Å². The molecule has 3 aliphatic rings. The molecule has 3 atom stereocenters. The third-order valence-corrected chi connectivity index (χ3v) is 6.48. The molecule has 3 heterocycles. The van der Waals surface area contributed by atoms with Crippen molar-refractivity contribution in [1.82, 2.24) is 35.4 Å². The minimum atomic E-state index is -2.69. The van der Waals surface area contributed by atoms with Crippen LogP contribution in [0.2, 0.25) is 0 Å². The van der Waals surface area contributed by atoms with Gasteiger partial charge < -0.3 is 5.32 Å². The summed E-state index contributed by atoms with van der Waals surface area (Å²) in [4.78, 5) is 31.2. The minimum absolute atomic E-state index is 0.0213. The Hall–Kier alpha value is -3.34. The number of nitrogens with one attached hydrogen (secondary N) is 2. The largest absolute Gasteiger partial charge is 0.337 e. The van der Waals surface area contributed by atoms with Gasteiger partial charge in [0, 0.05) is 20.0 Å². The van der Waals surface area contributed by atoms with Gasteiger partial charge in [-0.1, -0.05) is 30.3 Å². The van der Waals surface area contributed by atoms with Crippen LogP contribution in [0.1, 0.15) is 35.9 Å². The summed E-state index contributed by atoms with van der Waals surface area (Å²) in [5, 5.41) is 8.65. The van der Waals surface area contributed by atoms with Gasteiger partial charge in [-0.15, -0.1) is 5.10 Å². The lowest BCUT2D eigenvalue weighted by molar-refractivity contribution is -0.130. The number of alkyl halides is 2. The zero-order chi connectivity index (χ0) is 23.4. The maximum absolute atomic E-state index is 13.7. The number of hydrogen-bond donors (Lipinski definition) is 2. The van der Waals surface area contributed by atoms with E-state index in [1.165, 1.54) is 11.2 Å². The maximum atomic E-state index is 13.7. The molecule has 1 saturated heterocycles. The van der Waals surface area contributed by atoms with E-state index in [-0.39, 0.29) is 18.2 Å². The van der Waals surface area contributed by atoms with Gasteiger partial charge in [-0.2, -0.15) is 0 Å². The van der Waals surface area contributed by atoms with Crippen LogP contribution < -0.4 is 10.7 Å². The lowest BCUT2D eigenvalue weighted by Gasteiger charge is -2.28. The highest BCUT2D eigenvalue weighted by Gasteiger charge is 2.66. The van der Waals surface area contributed by atoms with E-state index in [9.17, 15) is 18.4 Å². The number of rotatable bonds is 5. The van der Waals surface area contributed by atoms with Gasteiger partial charge >= 0.3 is 0 Å². The molecule has 2 fully saturated rings. The van der Waals surface area contributed by atoms with E-state index in [1.54, 1.807) is 29.7 Å². The second kappa shape index (κ2) is 7.62. The van der Waals surface area contributed by atoms with E-state index in [0.717, 1.165) is 5.56 Å². The monoisotopic (exact) mass is 457 g/mol. The number of nitrogens with zero attached hydrogens (tertiary/aromatic N) is 5. The average molecular weight is 457 g/mol. The number of carbonyl (C=O) groups is 2. The van der Waals surface area contributed by atoms with Gasteiger partial charge in [0.15, 0.2) is 0 Å². The fourth-order valence-electron chi connectivity index (χ4n) is 4.55. The lowest BCUT2D eigenvalue weighted by Crippen LogP contribution is -2.48. The normalized spacial score (nSPS) is 28.2. The van der Waals surface area contributed by atoms with Crippen molar-refractivity contribution >= 4 is 11.8 Å². The molecule has 1 aromatic heterocycles. The second-order valence-corrected chi connectivity index (χ2v) is 9.03. The number of aromatic nitrogens is 3. The van der Waals surface area contributed by atoms with Crippen LogP contribution in [0.3, 0.4) is 0 Å². The van der Waals surface area contributed by atoms with Crippen molar-refractivity contribution in [2.45, 2.75) is 43.8 Å². The van der Waals surface area contributed by atoms with Gasteiger partial charge in [0.25, 0.3) is 17.7 Å². The first kappa shape index (κ1) is 21.5. The minimum Gasteiger partial charge on any atom is -0.337 e. The van der Waals surface area contributed by atoms with Gasteiger partial charge in [-0.05, 0) is 25.0 Å². The Morgan fingerprint density at radius 3 is 2.73 bits per heavy atom. The number of amides is 2. The van der Waals surface area contributed by atoms with Crippen LogP contribution in [0.25, 0.3) is 0 Å². The highest BCUT2D eigenvalue weighted by Crippen LogP contribution is 2.56. The summed E-state index contributed by atoms with van der Waals surface area (Å²) in [7, 11) is 1.58. The standard InChI is InChI=1S/C22H25F2N7O2/c1-21(16-10-22(16,23)24)11-17-29(2)20(33)15(8-9-31(17)28-21)26-19(32)18-25-13-30(27-18)12-14-6-4-3-5-7-14/h3-7,11,13,15-16,28H,8-10,12H2,1-2H3,(H,26,32)/t15?,16-,21?/m0/s1. The maximum Gasteiger partial charge on any atom is 0.291 e. The molecule has 1 aromatic carbocycles. The molecule has 2 unspecified atom stereocenters. The summed E-state index contributed by atoms with van der Waals surface area (Å²) in [6, 6.07) is 8.87. The second-order valence-electron chi connectivity index (χ2n) is 9.03. The average Bonchev–Trinajstić information content (AvgIpc) is 3.12. The van der Waals surface area contributed by atoms with Crippen LogP contribution in [0.15, 0.2) is 48.6 Å². The molecule has 2 aromatic rings. The first-order valence-corrected chi connectivity index (χ1v) is 10.8. The molecule has 0 radical (unpaired) electrons. The Morgan fingerprint density at radius 1 is 1.30 bits per heavy atom. The Morgan fingerprint density at radius 2 is 2.03 bits per heavy atom.